The van der Waals surface area contributed by atoms with Crippen molar-refractivity contribution in [1.29, 1.82) is 0 Å². The number of benzene rings is 2. The van der Waals surface area contributed by atoms with Gasteiger partial charge in [-0.25, -0.2) is 4.39 Å². The standard InChI is InChI=1S/C20H20Cl2FN3O2/c1-3-28-19(27)20(2)12-26(17-6-4-15(23)5-7-17)11-18(20)25-24-16-9-13(21)8-14(22)10-16/h4-10,24H,3,11-12H2,1-2H3/b25-18+. The summed E-state index contributed by atoms with van der Waals surface area (Å²) in [5.41, 5.74) is 3.99. The monoisotopic (exact) mass is 423 g/mol. The molecule has 28 heavy (non-hydrogen) atoms. The van der Waals surface area contributed by atoms with E-state index < -0.39 is 5.41 Å². The lowest BCUT2D eigenvalue weighted by molar-refractivity contribution is -0.149. The van der Waals surface area contributed by atoms with Gasteiger partial charge in [-0.1, -0.05) is 23.2 Å². The molecule has 0 aromatic heterocycles. The first-order chi connectivity index (χ1) is 13.3. The van der Waals surface area contributed by atoms with Gasteiger partial charge in [-0.3, -0.25) is 10.2 Å². The zero-order chi connectivity index (χ0) is 20.3. The van der Waals surface area contributed by atoms with Crippen molar-refractivity contribution in [3.05, 3.63) is 58.3 Å². The summed E-state index contributed by atoms with van der Waals surface area (Å²) in [7, 11) is 0. The zero-order valence-corrected chi connectivity index (χ0v) is 17.0. The van der Waals surface area contributed by atoms with Gasteiger partial charge in [0.25, 0.3) is 0 Å². The van der Waals surface area contributed by atoms with Gasteiger partial charge < -0.3 is 9.64 Å². The molecule has 1 saturated heterocycles. The van der Waals surface area contributed by atoms with Gasteiger partial charge in [-0.2, -0.15) is 5.10 Å². The van der Waals surface area contributed by atoms with Crippen molar-refractivity contribution in [2.45, 2.75) is 13.8 Å². The summed E-state index contributed by atoms with van der Waals surface area (Å²) in [6.07, 6.45) is 0. The predicted molar refractivity (Wildman–Crippen MR) is 111 cm³/mol. The molecule has 148 valence electrons. The molecule has 1 aliphatic rings. The Morgan fingerprint density at radius 2 is 1.89 bits per heavy atom. The van der Waals surface area contributed by atoms with Crippen molar-refractivity contribution in [2.75, 3.05) is 30.0 Å². The molecular weight excluding hydrogens is 404 g/mol. The highest BCUT2D eigenvalue weighted by Crippen LogP contribution is 2.33. The fraction of sp³-hybridized carbons (Fsp3) is 0.300. The van der Waals surface area contributed by atoms with Gasteiger partial charge in [-0.05, 0) is 56.3 Å². The molecule has 0 aliphatic carbocycles. The van der Waals surface area contributed by atoms with Crippen LogP contribution in [0.2, 0.25) is 10.0 Å². The van der Waals surface area contributed by atoms with E-state index in [2.05, 4.69) is 10.5 Å². The number of ether oxygens (including phenoxy) is 1. The number of carbonyl (C=O) groups excluding carboxylic acids is 1. The Hall–Kier alpha value is -2.31. The van der Waals surface area contributed by atoms with E-state index in [-0.39, 0.29) is 18.4 Å². The summed E-state index contributed by atoms with van der Waals surface area (Å²) in [6, 6.07) is 11.1. The summed E-state index contributed by atoms with van der Waals surface area (Å²) in [6.45, 7) is 4.59. The van der Waals surface area contributed by atoms with Crippen LogP contribution in [0.1, 0.15) is 13.8 Å². The normalized spacial score (nSPS) is 20.5. The topological polar surface area (TPSA) is 53.9 Å². The van der Waals surface area contributed by atoms with Gasteiger partial charge >= 0.3 is 5.97 Å². The van der Waals surface area contributed by atoms with Crippen LogP contribution in [0.25, 0.3) is 0 Å². The van der Waals surface area contributed by atoms with Crippen LogP contribution in [0.15, 0.2) is 47.6 Å². The molecule has 1 atom stereocenters. The second-order valence-corrected chi connectivity index (χ2v) is 7.59. The number of esters is 1. The predicted octanol–water partition coefficient (Wildman–Crippen LogP) is 4.99. The Bertz CT molecular complexity index is 885. The van der Waals surface area contributed by atoms with E-state index in [1.807, 2.05) is 4.90 Å². The number of hydrazone groups is 1. The van der Waals surface area contributed by atoms with Crippen LogP contribution >= 0.6 is 23.2 Å². The molecule has 5 nitrogen and oxygen atoms in total. The second kappa shape index (κ2) is 8.37. The van der Waals surface area contributed by atoms with Crippen LogP contribution in [0.4, 0.5) is 15.8 Å². The van der Waals surface area contributed by atoms with Crippen LogP contribution < -0.4 is 10.3 Å². The van der Waals surface area contributed by atoms with Crippen LogP contribution in [0, 0.1) is 11.2 Å². The summed E-state index contributed by atoms with van der Waals surface area (Å²) in [4.78, 5) is 14.6. The molecule has 1 unspecified atom stereocenters. The lowest BCUT2D eigenvalue weighted by Gasteiger charge is -2.23. The number of hydrogen-bond donors (Lipinski definition) is 1. The Morgan fingerprint density at radius 1 is 1.25 bits per heavy atom. The van der Waals surface area contributed by atoms with Crippen molar-refractivity contribution < 1.29 is 13.9 Å². The first-order valence-electron chi connectivity index (χ1n) is 8.78. The van der Waals surface area contributed by atoms with Gasteiger partial charge in [0.15, 0.2) is 0 Å². The summed E-state index contributed by atoms with van der Waals surface area (Å²) >= 11 is 12.0. The summed E-state index contributed by atoms with van der Waals surface area (Å²) in [5.74, 6) is -0.672. The van der Waals surface area contributed by atoms with E-state index in [1.165, 1.54) is 12.1 Å². The SMILES string of the molecule is CCOC(=O)C1(C)CN(c2ccc(F)cc2)C/C1=N\Nc1cc(Cl)cc(Cl)c1. The highest BCUT2D eigenvalue weighted by Gasteiger charge is 2.47. The van der Waals surface area contributed by atoms with Gasteiger partial charge in [0.1, 0.15) is 11.2 Å². The number of rotatable bonds is 5. The molecule has 1 aliphatic heterocycles. The second-order valence-electron chi connectivity index (χ2n) is 6.71. The first-order valence-corrected chi connectivity index (χ1v) is 9.54. The van der Waals surface area contributed by atoms with Gasteiger partial charge in [-0.15, -0.1) is 0 Å². The van der Waals surface area contributed by atoms with Crippen LogP contribution in [-0.4, -0.2) is 31.4 Å². The fourth-order valence-corrected chi connectivity index (χ4v) is 3.63. The molecule has 0 spiro atoms. The molecule has 0 bridgehead atoms. The molecule has 2 aromatic carbocycles. The molecule has 0 amide bonds. The number of nitrogens with one attached hydrogen (secondary N) is 1. The Kier molecular flexibility index (Phi) is 6.10. The third kappa shape index (κ3) is 4.39. The molecular formula is C20H20Cl2FN3O2. The zero-order valence-electron chi connectivity index (χ0n) is 15.5. The minimum absolute atomic E-state index is 0.273. The van der Waals surface area contributed by atoms with E-state index in [4.69, 9.17) is 27.9 Å². The molecule has 0 radical (unpaired) electrons. The highest BCUT2D eigenvalue weighted by molar-refractivity contribution is 6.35. The largest absolute Gasteiger partial charge is 0.465 e. The fourth-order valence-electron chi connectivity index (χ4n) is 3.10. The molecule has 8 heteroatoms. The molecule has 3 rings (SSSR count). The third-order valence-corrected chi connectivity index (χ3v) is 5.02. The average Bonchev–Trinajstić information content (AvgIpc) is 2.98. The lowest BCUT2D eigenvalue weighted by Crippen LogP contribution is -2.38. The lowest BCUT2D eigenvalue weighted by atomic mass is 9.88. The number of hydrogen-bond acceptors (Lipinski definition) is 5. The van der Waals surface area contributed by atoms with Crippen molar-refractivity contribution in [1.82, 2.24) is 0 Å². The quantitative estimate of drug-likeness (QED) is 0.543. The van der Waals surface area contributed by atoms with E-state index in [1.54, 1.807) is 44.2 Å². The van der Waals surface area contributed by atoms with Gasteiger partial charge in [0.05, 0.1) is 24.6 Å². The maximum Gasteiger partial charge on any atom is 0.319 e. The van der Waals surface area contributed by atoms with Crippen molar-refractivity contribution >= 4 is 46.3 Å². The van der Waals surface area contributed by atoms with E-state index in [0.717, 1.165) is 5.69 Å². The Morgan fingerprint density at radius 3 is 2.50 bits per heavy atom. The molecule has 2 aromatic rings. The molecule has 1 heterocycles. The highest BCUT2D eigenvalue weighted by atomic mass is 35.5. The van der Waals surface area contributed by atoms with Crippen molar-refractivity contribution in [3.8, 4) is 0 Å². The molecule has 1 fully saturated rings. The third-order valence-electron chi connectivity index (χ3n) is 4.58. The van der Waals surface area contributed by atoms with E-state index in [9.17, 15) is 9.18 Å². The number of halogens is 3. The summed E-state index contributed by atoms with van der Waals surface area (Å²) < 4.78 is 18.5. The summed E-state index contributed by atoms with van der Waals surface area (Å²) in [5, 5.41) is 5.41. The molecule has 1 N–H and O–H groups in total. The van der Waals surface area contributed by atoms with E-state index in [0.29, 0.717) is 34.5 Å². The smallest absolute Gasteiger partial charge is 0.319 e. The van der Waals surface area contributed by atoms with E-state index >= 15 is 0 Å². The maximum atomic E-state index is 13.3. The minimum Gasteiger partial charge on any atom is -0.465 e. The average molecular weight is 424 g/mol. The Labute approximate surface area is 173 Å². The van der Waals surface area contributed by atoms with Crippen LogP contribution in [0.5, 0.6) is 0 Å². The van der Waals surface area contributed by atoms with Gasteiger partial charge in [0.2, 0.25) is 0 Å². The number of anilines is 2. The minimum atomic E-state index is -0.945. The number of nitrogens with zero attached hydrogens (tertiary/aromatic N) is 2. The van der Waals surface area contributed by atoms with Crippen LogP contribution in [-0.2, 0) is 9.53 Å². The van der Waals surface area contributed by atoms with Crippen molar-refractivity contribution in [3.63, 3.8) is 0 Å². The first kappa shape index (κ1) is 20.4. The van der Waals surface area contributed by atoms with Gasteiger partial charge in [0, 0.05) is 22.3 Å². The Balaban J connectivity index is 1.90. The van der Waals surface area contributed by atoms with Crippen LogP contribution in [0.3, 0.4) is 0 Å². The maximum absolute atomic E-state index is 13.3. The number of carbonyl (C=O) groups is 1. The van der Waals surface area contributed by atoms with Crippen molar-refractivity contribution in [2.24, 2.45) is 10.5 Å². The molecule has 0 saturated carbocycles.